The number of halogens is 1. The highest BCUT2D eigenvalue weighted by Gasteiger charge is 2.28. The summed E-state index contributed by atoms with van der Waals surface area (Å²) in [6.07, 6.45) is 0. The molecule has 2 amide bonds. The lowest BCUT2D eigenvalue weighted by molar-refractivity contribution is -0.133. The number of nitrogens with one attached hydrogen (secondary N) is 1. The fraction of sp³-hybridized carbons (Fsp3) is 0.333. The van der Waals surface area contributed by atoms with Crippen molar-refractivity contribution in [3.63, 3.8) is 0 Å². The summed E-state index contributed by atoms with van der Waals surface area (Å²) in [5.41, 5.74) is -0.0585. The van der Waals surface area contributed by atoms with Crippen LogP contribution in [0.5, 0.6) is 0 Å². The van der Waals surface area contributed by atoms with Crippen LogP contribution >= 0.6 is 11.3 Å². The molecule has 0 aliphatic rings. The fourth-order valence-electron chi connectivity index (χ4n) is 2.33. The number of hydrogen-bond donors (Lipinski definition) is 1. The van der Waals surface area contributed by atoms with Crippen molar-refractivity contribution < 1.29 is 14.0 Å². The van der Waals surface area contributed by atoms with Crippen LogP contribution in [0, 0.1) is 11.7 Å². The Hall–Kier alpha value is -2.21. The standard InChI is InChI=1S/C18H21FN2O2S/c1-12(2)16(18(23)21(3)11-13-7-6-10-24-13)20-17(22)14-8-4-5-9-15(14)19/h4-10,12,16H,11H2,1-3H3,(H,20,22). The Morgan fingerprint density at radius 3 is 2.50 bits per heavy atom. The summed E-state index contributed by atoms with van der Waals surface area (Å²) in [6.45, 7) is 4.18. The molecule has 2 rings (SSSR count). The van der Waals surface area contributed by atoms with Gasteiger partial charge in [-0.05, 0) is 29.5 Å². The Kier molecular flexibility index (Phi) is 6.09. The average molecular weight is 348 g/mol. The van der Waals surface area contributed by atoms with E-state index in [1.807, 2.05) is 31.4 Å². The number of benzene rings is 1. The maximum Gasteiger partial charge on any atom is 0.254 e. The van der Waals surface area contributed by atoms with Gasteiger partial charge in [0, 0.05) is 11.9 Å². The molecule has 0 aliphatic carbocycles. The third-order valence-electron chi connectivity index (χ3n) is 3.69. The summed E-state index contributed by atoms with van der Waals surface area (Å²) in [5.74, 6) is -1.48. The first-order chi connectivity index (χ1) is 11.4. The van der Waals surface area contributed by atoms with Crippen molar-refractivity contribution in [2.24, 2.45) is 5.92 Å². The Balaban J connectivity index is 2.09. The minimum absolute atomic E-state index is 0.0585. The van der Waals surface area contributed by atoms with Crippen LogP contribution in [0.2, 0.25) is 0 Å². The van der Waals surface area contributed by atoms with Crippen LogP contribution in [0.15, 0.2) is 41.8 Å². The van der Waals surface area contributed by atoms with E-state index in [9.17, 15) is 14.0 Å². The molecule has 0 radical (unpaired) electrons. The Labute approximate surface area is 145 Å². The SMILES string of the molecule is CC(C)C(NC(=O)c1ccccc1F)C(=O)N(C)Cc1cccs1. The Bertz CT molecular complexity index is 701. The summed E-state index contributed by atoms with van der Waals surface area (Å²) in [4.78, 5) is 27.6. The molecular formula is C18H21FN2O2S. The van der Waals surface area contributed by atoms with Crippen LogP contribution in [-0.2, 0) is 11.3 Å². The van der Waals surface area contributed by atoms with Gasteiger partial charge in [-0.1, -0.05) is 32.0 Å². The number of hydrogen-bond acceptors (Lipinski definition) is 3. The predicted octanol–water partition coefficient (Wildman–Crippen LogP) is 3.30. The van der Waals surface area contributed by atoms with Crippen molar-refractivity contribution in [3.05, 3.63) is 58.0 Å². The zero-order valence-corrected chi connectivity index (χ0v) is 14.8. The molecule has 0 saturated carbocycles. The molecule has 1 unspecified atom stereocenters. The van der Waals surface area contributed by atoms with Gasteiger partial charge in [-0.2, -0.15) is 0 Å². The minimum Gasteiger partial charge on any atom is -0.340 e. The lowest BCUT2D eigenvalue weighted by Crippen LogP contribution is -2.50. The molecule has 128 valence electrons. The maximum absolute atomic E-state index is 13.7. The first kappa shape index (κ1) is 18.1. The van der Waals surface area contributed by atoms with Crippen molar-refractivity contribution in [1.82, 2.24) is 10.2 Å². The maximum atomic E-state index is 13.7. The van der Waals surface area contributed by atoms with Gasteiger partial charge in [0.05, 0.1) is 12.1 Å². The highest BCUT2D eigenvalue weighted by Crippen LogP contribution is 2.14. The van der Waals surface area contributed by atoms with Gasteiger partial charge >= 0.3 is 0 Å². The lowest BCUT2D eigenvalue weighted by atomic mass is 10.0. The summed E-state index contributed by atoms with van der Waals surface area (Å²) in [6, 6.07) is 8.92. The largest absolute Gasteiger partial charge is 0.340 e. The van der Waals surface area contributed by atoms with E-state index in [1.165, 1.54) is 18.2 Å². The molecule has 24 heavy (non-hydrogen) atoms. The zero-order chi connectivity index (χ0) is 17.7. The van der Waals surface area contributed by atoms with Crippen LogP contribution in [0.4, 0.5) is 4.39 Å². The molecule has 0 fully saturated rings. The molecule has 1 N–H and O–H groups in total. The van der Waals surface area contributed by atoms with E-state index < -0.39 is 17.8 Å². The molecule has 1 aromatic heterocycles. The van der Waals surface area contributed by atoms with Gasteiger partial charge in [-0.25, -0.2) is 4.39 Å². The van der Waals surface area contributed by atoms with Crippen LogP contribution in [0.25, 0.3) is 0 Å². The smallest absolute Gasteiger partial charge is 0.254 e. The first-order valence-electron chi connectivity index (χ1n) is 7.73. The predicted molar refractivity (Wildman–Crippen MR) is 93.3 cm³/mol. The number of likely N-dealkylation sites (N-methyl/N-ethyl adjacent to an activating group) is 1. The van der Waals surface area contributed by atoms with Gasteiger partial charge in [0.25, 0.3) is 5.91 Å². The third-order valence-corrected chi connectivity index (χ3v) is 4.55. The summed E-state index contributed by atoms with van der Waals surface area (Å²) >= 11 is 1.57. The number of carbonyl (C=O) groups is 2. The molecule has 0 aliphatic heterocycles. The number of nitrogens with zero attached hydrogens (tertiary/aromatic N) is 1. The molecule has 1 heterocycles. The van der Waals surface area contributed by atoms with Gasteiger partial charge in [0.2, 0.25) is 5.91 Å². The second-order valence-corrected chi connectivity index (χ2v) is 6.98. The van der Waals surface area contributed by atoms with Gasteiger partial charge in [0.15, 0.2) is 0 Å². The van der Waals surface area contributed by atoms with Crippen molar-refractivity contribution in [2.45, 2.75) is 26.4 Å². The number of carbonyl (C=O) groups excluding carboxylic acids is 2. The van der Waals surface area contributed by atoms with Gasteiger partial charge < -0.3 is 10.2 Å². The lowest BCUT2D eigenvalue weighted by Gasteiger charge is -2.27. The van der Waals surface area contributed by atoms with E-state index >= 15 is 0 Å². The summed E-state index contributed by atoms with van der Waals surface area (Å²) in [5, 5.41) is 4.62. The topological polar surface area (TPSA) is 49.4 Å². The quantitative estimate of drug-likeness (QED) is 0.871. The third kappa shape index (κ3) is 4.41. The second kappa shape index (κ2) is 8.06. The van der Waals surface area contributed by atoms with Crippen molar-refractivity contribution in [3.8, 4) is 0 Å². The molecule has 0 saturated heterocycles. The Morgan fingerprint density at radius 2 is 1.92 bits per heavy atom. The van der Waals surface area contributed by atoms with E-state index in [4.69, 9.17) is 0 Å². The van der Waals surface area contributed by atoms with E-state index in [0.717, 1.165) is 4.88 Å². The van der Waals surface area contributed by atoms with E-state index in [0.29, 0.717) is 6.54 Å². The number of rotatable bonds is 6. The monoisotopic (exact) mass is 348 g/mol. The van der Waals surface area contributed by atoms with Crippen LogP contribution in [0.1, 0.15) is 29.1 Å². The highest BCUT2D eigenvalue weighted by atomic mass is 32.1. The molecular weight excluding hydrogens is 327 g/mol. The summed E-state index contributed by atoms with van der Waals surface area (Å²) < 4.78 is 13.7. The normalized spacial score (nSPS) is 12.0. The second-order valence-electron chi connectivity index (χ2n) is 5.95. The number of amides is 2. The average Bonchev–Trinajstić information content (AvgIpc) is 3.04. The molecule has 2 aromatic rings. The van der Waals surface area contributed by atoms with E-state index in [1.54, 1.807) is 29.4 Å². The van der Waals surface area contributed by atoms with Crippen molar-refractivity contribution >= 4 is 23.2 Å². The van der Waals surface area contributed by atoms with Crippen LogP contribution < -0.4 is 5.32 Å². The molecule has 4 nitrogen and oxygen atoms in total. The molecule has 6 heteroatoms. The van der Waals surface area contributed by atoms with E-state index in [-0.39, 0.29) is 17.4 Å². The van der Waals surface area contributed by atoms with Crippen molar-refractivity contribution in [1.29, 1.82) is 0 Å². The van der Waals surface area contributed by atoms with Crippen molar-refractivity contribution in [2.75, 3.05) is 7.05 Å². The van der Waals surface area contributed by atoms with Gasteiger partial charge in [-0.3, -0.25) is 9.59 Å². The van der Waals surface area contributed by atoms with Gasteiger partial charge in [-0.15, -0.1) is 11.3 Å². The van der Waals surface area contributed by atoms with E-state index in [2.05, 4.69) is 5.32 Å². The molecule has 0 bridgehead atoms. The van der Waals surface area contributed by atoms with Crippen LogP contribution in [0.3, 0.4) is 0 Å². The minimum atomic E-state index is -0.706. The molecule has 0 spiro atoms. The fourth-order valence-corrected chi connectivity index (χ4v) is 3.09. The number of thiophene rings is 1. The summed E-state index contributed by atoms with van der Waals surface area (Å²) in [7, 11) is 1.70. The molecule has 1 aromatic carbocycles. The highest BCUT2D eigenvalue weighted by molar-refractivity contribution is 7.09. The van der Waals surface area contributed by atoms with Gasteiger partial charge in [0.1, 0.15) is 11.9 Å². The Morgan fingerprint density at radius 1 is 1.21 bits per heavy atom. The molecule has 1 atom stereocenters. The van der Waals surface area contributed by atoms with Crippen LogP contribution in [-0.4, -0.2) is 29.8 Å². The zero-order valence-electron chi connectivity index (χ0n) is 14.0. The first-order valence-corrected chi connectivity index (χ1v) is 8.61.